The quantitative estimate of drug-likeness (QED) is 0.252. The smallest absolute Gasteiger partial charge is 0.341 e. The van der Waals surface area contributed by atoms with Gasteiger partial charge < -0.3 is 23.9 Å². The van der Waals surface area contributed by atoms with Crippen molar-refractivity contribution >= 4 is 39.2 Å². The molecule has 0 saturated carbocycles. The summed E-state index contributed by atoms with van der Waals surface area (Å²) in [5.74, 6) is 0.126. The van der Waals surface area contributed by atoms with Crippen molar-refractivity contribution < 1.29 is 28.2 Å². The van der Waals surface area contributed by atoms with Crippen molar-refractivity contribution in [3.63, 3.8) is 0 Å². The molecule has 0 bridgehead atoms. The molecule has 1 amide bonds. The first-order chi connectivity index (χ1) is 18.0. The van der Waals surface area contributed by atoms with Crippen LogP contribution in [-0.4, -0.2) is 32.2 Å². The van der Waals surface area contributed by atoms with Gasteiger partial charge in [-0.2, -0.15) is 0 Å². The summed E-state index contributed by atoms with van der Waals surface area (Å²) in [6.07, 6.45) is 2.53. The van der Waals surface area contributed by atoms with Gasteiger partial charge in [0, 0.05) is 28.0 Å². The molecule has 1 N–H and O–H groups in total. The third kappa shape index (κ3) is 4.95. The molecular formula is C28H25NO7S. The van der Waals surface area contributed by atoms with Gasteiger partial charge in [-0.25, -0.2) is 9.59 Å². The van der Waals surface area contributed by atoms with Gasteiger partial charge in [0.2, 0.25) is 0 Å². The van der Waals surface area contributed by atoms with Crippen molar-refractivity contribution in [2.45, 2.75) is 26.2 Å². The van der Waals surface area contributed by atoms with Crippen LogP contribution in [-0.2, 0) is 22.4 Å². The molecule has 2 aromatic carbocycles. The molecule has 0 unspecified atom stereocenters. The Bertz CT molecular complexity index is 1530. The summed E-state index contributed by atoms with van der Waals surface area (Å²) in [7, 11) is 1.30. The number of carbonyl (C=O) groups is 2. The minimum Gasteiger partial charge on any atom is -0.494 e. The highest BCUT2D eigenvalue weighted by Gasteiger charge is 2.23. The molecule has 1 aliphatic carbocycles. The number of esters is 1. The summed E-state index contributed by atoms with van der Waals surface area (Å²) in [6, 6.07) is 12.6. The van der Waals surface area contributed by atoms with E-state index in [1.807, 2.05) is 37.3 Å². The lowest BCUT2D eigenvalue weighted by atomic mass is 10.0. The molecule has 9 heteroatoms. The predicted molar refractivity (Wildman–Crippen MR) is 141 cm³/mol. The molecule has 0 radical (unpaired) electrons. The molecule has 5 rings (SSSR count). The van der Waals surface area contributed by atoms with Crippen LogP contribution >= 0.6 is 11.3 Å². The lowest BCUT2D eigenvalue weighted by Gasteiger charge is -2.10. The van der Waals surface area contributed by atoms with Crippen molar-refractivity contribution in [3.8, 4) is 22.6 Å². The first-order valence-corrected chi connectivity index (χ1v) is 12.8. The number of nitrogens with one attached hydrogen (secondary N) is 1. The maximum atomic E-state index is 12.7. The summed E-state index contributed by atoms with van der Waals surface area (Å²) < 4.78 is 21.6. The number of aryl methyl sites for hydroxylation is 1. The Labute approximate surface area is 216 Å². The SMILES string of the molecule is CCOc1ccc(-c2csc(NC(=O)COc3ccc4c5c(c(=O)oc4c3)CCC5)c2C(=O)OC)cc1. The summed E-state index contributed by atoms with van der Waals surface area (Å²) in [4.78, 5) is 37.6. The first kappa shape index (κ1) is 24.6. The minimum absolute atomic E-state index is 0.270. The van der Waals surface area contributed by atoms with Crippen LogP contribution in [0.3, 0.4) is 0 Å². The van der Waals surface area contributed by atoms with E-state index in [0.29, 0.717) is 28.5 Å². The van der Waals surface area contributed by atoms with Gasteiger partial charge in [-0.1, -0.05) is 12.1 Å². The highest BCUT2D eigenvalue weighted by molar-refractivity contribution is 7.15. The van der Waals surface area contributed by atoms with E-state index in [1.165, 1.54) is 18.4 Å². The van der Waals surface area contributed by atoms with Crippen LogP contribution in [0.15, 0.2) is 57.1 Å². The lowest BCUT2D eigenvalue weighted by Crippen LogP contribution is -2.21. The van der Waals surface area contributed by atoms with Crippen LogP contribution in [0, 0.1) is 0 Å². The Morgan fingerprint density at radius 2 is 1.78 bits per heavy atom. The lowest BCUT2D eigenvalue weighted by molar-refractivity contribution is -0.118. The summed E-state index contributed by atoms with van der Waals surface area (Å²) in [5.41, 5.74) is 3.62. The number of thiophene rings is 1. The molecule has 37 heavy (non-hydrogen) atoms. The predicted octanol–water partition coefficient (Wildman–Crippen LogP) is 5.21. The van der Waals surface area contributed by atoms with Crippen molar-refractivity contribution in [3.05, 3.63) is 75.0 Å². The van der Waals surface area contributed by atoms with E-state index in [0.717, 1.165) is 47.1 Å². The molecule has 8 nitrogen and oxygen atoms in total. The summed E-state index contributed by atoms with van der Waals surface area (Å²) >= 11 is 1.22. The van der Waals surface area contributed by atoms with Gasteiger partial charge in [-0.05, 0) is 61.6 Å². The number of anilines is 1. The van der Waals surface area contributed by atoms with E-state index >= 15 is 0 Å². The van der Waals surface area contributed by atoms with Gasteiger partial charge in [-0.15, -0.1) is 11.3 Å². The molecule has 2 heterocycles. The zero-order valence-corrected chi connectivity index (χ0v) is 21.2. The van der Waals surface area contributed by atoms with Crippen LogP contribution < -0.4 is 20.4 Å². The topological polar surface area (TPSA) is 104 Å². The first-order valence-electron chi connectivity index (χ1n) is 11.9. The maximum absolute atomic E-state index is 12.7. The van der Waals surface area contributed by atoms with Crippen LogP contribution in [0.25, 0.3) is 22.1 Å². The molecule has 1 aliphatic rings. The number of amides is 1. The molecule has 0 atom stereocenters. The molecular weight excluding hydrogens is 494 g/mol. The largest absolute Gasteiger partial charge is 0.494 e. The molecule has 190 valence electrons. The fraction of sp³-hybridized carbons (Fsp3) is 0.250. The fourth-order valence-corrected chi connectivity index (χ4v) is 5.50. The minimum atomic E-state index is -0.557. The standard InChI is InChI=1S/C28H25NO7S/c1-3-34-17-9-7-16(8-10-17)22-15-37-26(25(22)28(32)33-2)29-24(30)14-35-18-11-12-20-19-5-4-6-21(19)27(31)36-23(20)13-18/h7-13,15H,3-6,14H2,1-2H3,(H,29,30). The number of methoxy groups -OCH3 is 1. The Morgan fingerprint density at radius 3 is 2.54 bits per heavy atom. The number of benzene rings is 2. The van der Waals surface area contributed by atoms with Crippen molar-refractivity contribution in [2.24, 2.45) is 0 Å². The van der Waals surface area contributed by atoms with E-state index in [9.17, 15) is 14.4 Å². The van der Waals surface area contributed by atoms with E-state index in [-0.39, 0.29) is 17.8 Å². The molecule has 2 aromatic heterocycles. The second-order valence-electron chi connectivity index (χ2n) is 8.50. The fourth-order valence-electron chi connectivity index (χ4n) is 4.53. The van der Waals surface area contributed by atoms with Gasteiger partial charge in [0.1, 0.15) is 27.6 Å². The van der Waals surface area contributed by atoms with Gasteiger partial charge in [0.05, 0.1) is 13.7 Å². The van der Waals surface area contributed by atoms with Gasteiger partial charge in [0.25, 0.3) is 5.91 Å². The monoisotopic (exact) mass is 519 g/mol. The molecule has 0 spiro atoms. The maximum Gasteiger partial charge on any atom is 0.341 e. The van der Waals surface area contributed by atoms with E-state index in [4.69, 9.17) is 18.6 Å². The Kier molecular flexibility index (Phi) is 6.96. The average molecular weight is 520 g/mol. The molecule has 4 aromatic rings. The van der Waals surface area contributed by atoms with Crippen LogP contribution in [0.1, 0.15) is 34.8 Å². The number of hydrogen-bond acceptors (Lipinski definition) is 8. The summed E-state index contributed by atoms with van der Waals surface area (Å²) in [6.45, 7) is 2.17. The number of ether oxygens (including phenoxy) is 3. The van der Waals surface area contributed by atoms with Crippen LogP contribution in [0.5, 0.6) is 11.5 Å². The number of fused-ring (bicyclic) bond motifs is 3. The van der Waals surface area contributed by atoms with Crippen molar-refractivity contribution in [1.82, 2.24) is 0 Å². The van der Waals surface area contributed by atoms with E-state index < -0.39 is 11.9 Å². The zero-order chi connectivity index (χ0) is 25.9. The summed E-state index contributed by atoms with van der Waals surface area (Å²) in [5, 5.41) is 5.81. The van der Waals surface area contributed by atoms with E-state index in [1.54, 1.807) is 17.5 Å². The zero-order valence-electron chi connectivity index (χ0n) is 20.4. The van der Waals surface area contributed by atoms with Gasteiger partial charge in [-0.3, -0.25) is 4.79 Å². The number of rotatable bonds is 8. The number of carbonyl (C=O) groups excluding carboxylic acids is 2. The van der Waals surface area contributed by atoms with E-state index in [2.05, 4.69) is 5.32 Å². The van der Waals surface area contributed by atoms with Crippen molar-refractivity contribution in [1.29, 1.82) is 0 Å². The van der Waals surface area contributed by atoms with Crippen LogP contribution in [0.2, 0.25) is 0 Å². The highest BCUT2D eigenvalue weighted by Crippen LogP contribution is 2.37. The highest BCUT2D eigenvalue weighted by atomic mass is 32.1. The Hall–Kier alpha value is -4.11. The normalized spacial score (nSPS) is 12.3. The second kappa shape index (κ2) is 10.5. The van der Waals surface area contributed by atoms with Gasteiger partial charge in [0.15, 0.2) is 6.61 Å². The Balaban J connectivity index is 1.31. The van der Waals surface area contributed by atoms with Crippen LogP contribution in [0.4, 0.5) is 5.00 Å². The third-order valence-corrected chi connectivity index (χ3v) is 7.12. The van der Waals surface area contributed by atoms with Gasteiger partial charge >= 0.3 is 11.6 Å². The average Bonchev–Trinajstić information content (AvgIpc) is 3.56. The molecule has 0 aliphatic heterocycles. The number of hydrogen-bond donors (Lipinski definition) is 1. The molecule has 0 fully saturated rings. The van der Waals surface area contributed by atoms with Crippen molar-refractivity contribution in [2.75, 3.05) is 25.6 Å². The third-order valence-electron chi connectivity index (χ3n) is 6.22. The molecule has 0 saturated heterocycles. The Morgan fingerprint density at radius 1 is 1.03 bits per heavy atom. The second-order valence-corrected chi connectivity index (χ2v) is 9.38.